The van der Waals surface area contributed by atoms with Crippen molar-refractivity contribution in [1.29, 1.82) is 0 Å². The summed E-state index contributed by atoms with van der Waals surface area (Å²) in [7, 11) is -0.963. The third kappa shape index (κ3) is 3.01. The van der Waals surface area contributed by atoms with E-state index in [2.05, 4.69) is 5.32 Å². The molecule has 18 heavy (non-hydrogen) atoms. The zero-order chi connectivity index (χ0) is 13.8. The minimum absolute atomic E-state index is 0.303. The quantitative estimate of drug-likeness (QED) is 0.761. The smallest absolute Gasteiger partial charge is 0.329 e. The van der Waals surface area contributed by atoms with Gasteiger partial charge in [-0.2, -0.15) is 0 Å². The number of carboxylic acid groups (broad SMARTS) is 1. The molecule has 0 aromatic carbocycles. The lowest BCUT2D eigenvalue weighted by Gasteiger charge is -2.33. The molecule has 1 aliphatic heterocycles. The maximum absolute atomic E-state index is 12.0. The van der Waals surface area contributed by atoms with Crippen LogP contribution in [0.15, 0.2) is 0 Å². The topological polar surface area (TPSA) is 86.7 Å². The SMILES string of the molecule is CCC1(C(=O)O)CCCN1C(=O)NCCS(C)=O. The van der Waals surface area contributed by atoms with Crippen molar-refractivity contribution < 1.29 is 18.9 Å². The zero-order valence-electron chi connectivity index (χ0n) is 10.8. The van der Waals surface area contributed by atoms with Crippen molar-refractivity contribution in [3.63, 3.8) is 0 Å². The lowest BCUT2D eigenvalue weighted by atomic mass is 9.93. The average Bonchev–Trinajstić information content (AvgIpc) is 2.73. The van der Waals surface area contributed by atoms with Gasteiger partial charge in [-0.15, -0.1) is 0 Å². The van der Waals surface area contributed by atoms with E-state index in [0.29, 0.717) is 38.1 Å². The van der Waals surface area contributed by atoms with Gasteiger partial charge in [-0.1, -0.05) is 6.92 Å². The summed E-state index contributed by atoms with van der Waals surface area (Å²) in [4.78, 5) is 24.7. The molecule has 0 aromatic heterocycles. The van der Waals surface area contributed by atoms with Gasteiger partial charge in [0.05, 0.1) is 0 Å². The third-order valence-corrected chi connectivity index (χ3v) is 4.16. The molecule has 7 heteroatoms. The number of nitrogens with zero attached hydrogens (tertiary/aromatic N) is 1. The molecule has 1 heterocycles. The normalized spacial score (nSPS) is 24.9. The second kappa shape index (κ2) is 6.17. The fourth-order valence-electron chi connectivity index (χ4n) is 2.31. The van der Waals surface area contributed by atoms with E-state index < -0.39 is 22.3 Å². The number of amides is 2. The summed E-state index contributed by atoms with van der Waals surface area (Å²) in [6, 6.07) is -0.373. The fourth-order valence-corrected chi connectivity index (χ4v) is 2.70. The van der Waals surface area contributed by atoms with Crippen LogP contribution in [0.4, 0.5) is 4.79 Å². The predicted molar refractivity (Wildman–Crippen MR) is 68.9 cm³/mol. The zero-order valence-corrected chi connectivity index (χ0v) is 11.6. The van der Waals surface area contributed by atoms with Crippen LogP contribution in [0, 0.1) is 0 Å². The highest BCUT2D eigenvalue weighted by molar-refractivity contribution is 7.84. The van der Waals surface area contributed by atoms with E-state index in [1.54, 1.807) is 13.2 Å². The van der Waals surface area contributed by atoms with Gasteiger partial charge in [0, 0.05) is 35.9 Å². The number of aliphatic carboxylic acids is 1. The summed E-state index contributed by atoms with van der Waals surface area (Å²) in [5, 5.41) is 12.0. The number of urea groups is 1. The van der Waals surface area contributed by atoms with Gasteiger partial charge in [0.25, 0.3) is 0 Å². The van der Waals surface area contributed by atoms with Gasteiger partial charge in [0.2, 0.25) is 0 Å². The number of rotatable bonds is 5. The average molecular weight is 276 g/mol. The van der Waals surface area contributed by atoms with E-state index in [9.17, 15) is 18.9 Å². The Kier molecular flexibility index (Phi) is 5.13. The van der Waals surface area contributed by atoms with Gasteiger partial charge in [0.1, 0.15) is 5.54 Å². The molecule has 0 aliphatic carbocycles. The van der Waals surface area contributed by atoms with Crippen LogP contribution in [-0.4, -0.2) is 56.9 Å². The first-order valence-corrected chi connectivity index (χ1v) is 7.75. The lowest BCUT2D eigenvalue weighted by molar-refractivity contribution is -0.148. The Balaban J connectivity index is 2.66. The molecule has 0 saturated carbocycles. The van der Waals surface area contributed by atoms with Crippen LogP contribution in [-0.2, 0) is 15.6 Å². The number of carbonyl (C=O) groups is 2. The maximum atomic E-state index is 12.0. The number of likely N-dealkylation sites (tertiary alicyclic amines) is 1. The lowest BCUT2D eigenvalue weighted by Crippen LogP contribution is -2.56. The van der Waals surface area contributed by atoms with E-state index in [0.717, 1.165) is 0 Å². The minimum atomic E-state index is -1.07. The summed E-state index contributed by atoms with van der Waals surface area (Å²) < 4.78 is 10.9. The Morgan fingerprint density at radius 1 is 1.50 bits per heavy atom. The van der Waals surface area contributed by atoms with Crippen molar-refractivity contribution in [3.05, 3.63) is 0 Å². The van der Waals surface area contributed by atoms with Crippen molar-refractivity contribution in [1.82, 2.24) is 10.2 Å². The van der Waals surface area contributed by atoms with E-state index in [-0.39, 0.29) is 6.03 Å². The van der Waals surface area contributed by atoms with Crippen molar-refractivity contribution in [2.24, 2.45) is 0 Å². The van der Waals surface area contributed by atoms with Crippen LogP contribution >= 0.6 is 0 Å². The standard InChI is InChI=1S/C11H20N2O4S/c1-3-11(9(14)15)5-4-7-13(11)10(16)12-6-8-18(2)17/h3-8H2,1-2H3,(H,12,16)(H,14,15). The Morgan fingerprint density at radius 3 is 2.67 bits per heavy atom. The Morgan fingerprint density at radius 2 is 2.17 bits per heavy atom. The molecule has 104 valence electrons. The largest absolute Gasteiger partial charge is 0.479 e. The highest BCUT2D eigenvalue weighted by atomic mass is 32.2. The number of hydrogen-bond donors (Lipinski definition) is 2. The molecule has 1 fully saturated rings. The molecule has 1 rings (SSSR count). The molecular weight excluding hydrogens is 256 g/mol. The van der Waals surface area contributed by atoms with Crippen LogP contribution in [0.3, 0.4) is 0 Å². The summed E-state index contributed by atoms with van der Waals surface area (Å²) in [5.74, 6) is -0.567. The molecule has 0 radical (unpaired) electrons. The molecule has 0 aromatic rings. The van der Waals surface area contributed by atoms with Gasteiger partial charge in [-0.05, 0) is 19.3 Å². The molecule has 0 spiro atoms. The van der Waals surface area contributed by atoms with Crippen molar-refractivity contribution >= 4 is 22.8 Å². The highest BCUT2D eigenvalue weighted by Gasteiger charge is 2.48. The van der Waals surface area contributed by atoms with Crippen LogP contribution < -0.4 is 5.32 Å². The molecule has 1 saturated heterocycles. The van der Waals surface area contributed by atoms with Crippen LogP contribution in [0.2, 0.25) is 0 Å². The van der Waals surface area contributed by atoms with E-state index in [4.69, 9.17) is 0 Å². The van der Waals surface area contributed by atoms with E-state index in [1.165, 1.54) is 4.90 Å². The summed E-state index contributed by atoms with van der Waals surface area (Å²) in [6.07, 6.45) is 3.16. The minimum Gasteiger partial charge on any atom is -0.479 e. The second-order valence-electron chi connectivity index (χ2n) is 4.45. The van der Waals surface area contributed by atoms with Crippen molar-refractivity contribution in [3.8, 4) is 0 Å². The molecule has 1 aliphatic rings. The maximum Gasteiger partial charge on any atom is 0.329 e. The number of hydrogen-bond acceptors (Lipinski definition) is 3. The van der Waals surface area contributed by atoms with Crippen LogP contribution in [0.5, 0.6) is 0 Å². The number of carboxylic acids is 1. The third-order valence-electron chi connectivity index (χ3n) is 3.38. The van der Waals surface area contributed by atoms with E-state index >= 15 is 0 Å². The van der Waals surface area contributed by atoms with Crippen molar-refractivity contribution in [2.45, 2.75) is 31.7 Å². The first kappa shape index (κ1) is 14.9. The number of carbonyl (C=O) groups excluding carboxylic acids is 1. The molecule has 6 nitrogen and oxygen atoms in total. The molecule has 2 N–H and O–H groups in total. The van der Waals surface area contributed by atoms with Gasteiger partial charge >= 0.3 is 12.0 Å². The summed E-state index contributed by atoms with van der Waals surface area (Å²) in [6.45, 7) is 2.54. The van der Waals surface area contributed by atoms with Gasteiger partial charge < -0.3 is 15.3 Å². The molecule has 2 amide bonds. The monoisotopic (exact) mass is 276 g/mol. The molecule has 0 bridgehead atoms. The fraction of sp³-hybridized carbons (Fsp3) is 0.818. The molecular formula is C11H20N2O4S. The number of nitrogens with one attached hydrogen (secondary N) is 1. The van der Waals surface area contributed by atoms with Gasteiger partial charge in [0.15, 0.2) is 0 Å². The second-order valence-corrected chi connectivity index (χ2v) is 6.01. The highest BCUT2D eigenvalue weighted by Crippen LogP contribution is 2.32. The summed E-state index contributed by atoms with van der Waals surface area (Å²) in [5.41, 5.74) is -1.07. The Labute approximate surface area is 109 Å². The van der Waals surface area contributed by atoms with Gasteiger partial charge in [-0.25, -0.2) is 9.59 Å². The Bertz CT molecular complexity index is 361. The molecule has 2 unspecified atom stereocenters. The first-order chi connectivity index (χ1) is 8.44. The predicted octanol–water partition coefficient (Wildman–Crippen LogP) is 0.404. The van der Waals surface area contributed by atoms with Gasteiger partial charge in [-0.3, -0.25) is 4.21 Å². The Hall–Kier alpha value is -1.11. The summed E-state index contributed by atoms with van der Waals surface area (Å²) >= 11 is 0. The van der Waals surface area contributed by atoms with Crippen LogP contribution in [0.1, 0.15) is 26.2 Å². The van der Waals surface area contributed by atoms with E-state index in [1.807, 2.05) is 0 Å². The van der Waals surface area contributed by atoms with Crippen LogP contribution in [0.25, 0.3) is 0 Å². The first-order valence-electron chi connectivity index (χ1n) is 6.03. The van der Waals surface area contributed by atoms with Crippen molar-refractivity contribution in [2.75, 3.05) is 25.1 Å². The molecule has 2 atom stereocenters.